The maximum atomic E-state index is 6.04. The van der Waals surface area contributed by atoms with Crippen LogP contribution in [0.1, 0.15) is 32.3 Å². The quantitative estimate of drug-likeness (QED) is 0.821. The Labute approximate surface area is 111 Å². The molecule has 3 heteroatoms. The molecule has 1 aromatic carbocycles. The van der Waals surface area contributed by atoms with Gasteiger partial charge in [0, 0.05) is 15.5 Å². The van der Waals surface area contributed by atoms with E-state index in [0.717, 1.165) is 21.8 Å². The molecule has 1 aliphatic rings. The Kier molecular flexibility index (Phi) is 3.81. The molecule has 1 aliphatic heterocycles. The molecule has 2 rings (SSSR count). The van der Waals surface area contributed by atoms with Crippen LogP contribution >= 0.6 is 27.5 Å². The van der Waals surface area contributed by atoms with Gasteiger partial charge in [-0.2, -0.15) is 0 Å². The first-order valence-corrected chi connectivity index (χ1v) is 6.98. The lowest BCUT2D eigenvalue weighted by Gasteiger charge is -2.29. The highest BCUT2D eigenvalue weighted by molar-refractivity contribution is 9.10. The first-order chi connectivity index (χ1) is 7.56. The molecule has 0 bridgehead atoms. The van der Waals surface area contributed by atoms with Crippen LogP contribution in [0.4, 0.5) is 5.69 Å². The zero-order chi connectivity index (χ0) is 11.7. The van der Waals surface area contributed by atoms with Crippen molar-refractivity contribution < 1.29 is 0 Å². The summed E-state index contributed by atoms with van der Waals surface area (Å²) >= 11 is 9.62. The van der Waals surface area contributed by atoms with Crippen LogP contribution in [0, 0.1) is 5.92 Å². The van der Waals surface area contributed by atoms with Gasteiger partial charge in [0.25, 0.3) is 0 Å². The van der Waals surface area contributed by atoms with Crippen molar-refractivity contribution in [2.75, 3.05) is 5.32 Å². The number of anilines is 1. The monoisotopic (exact) mass is 301 g/mol. The van der Waals surface area contributed by atoms with Crippen LogP contribution in [-0.2, 0) is 6.42 Å². The molecular weight excluding hydrogens is 286 g/mol. The van der Waals surface area contributed by atoms with Gasteiger partial charge in [0.2, 0.25) is 0 Å². The van der Waals surface area contributed by atoms with Crippen molar-refractivity contribution in [2.24, 2.45) is 5.92 Å². The Morgan fingerprint density at radius 2 is 2.25 bits per heavy atom. The summed E-state index contributed by atoms with van der Waals surface area (Å²) in [6.07, 6.45) is 3.56. The molecule has 0 saturated carbocycles. The Morgan fingerprint density at radius 1 is 1.50 bits per heavy atom. The molecule has 16 heavy (non-hydrogen) atoms. The molecule has 1 unspecified atom stereocenters. The second kappa shape index (κ2) is 4.97. The maximum Gasteiger partial charge on any atom is 0.0520 e. The van der Waals surface area contributed by atoms with Gasteiger partial charge >= 0.3 is 0 Å². The minimum Gasteiger partial charge on any atom is -0.381 e. The normalized spacial score (nSPS) is 19.4. The molecule has 1 nitrogen and oxygen atoms in total. The van der Waals surface area contributed by atoms with Gasteiger partial charge in [0.05, 0.1) is 5.69 Å². The van der Waals surface area contributed by atoms with E-state index in [1.165, 1.54) is 24.1 Å². The summed E-state index contributed by atoms with van der Waals surface area (Å²) in [5.41, 5.74) is 2.57. The lowest BCUT2D eigenvalue weighted by Crippen LogP contribution is -2.27. The third-order valence-electron chi connectivity index (χ3n) is 3.00. The van der Waals surface area contributed by atoms with E-state index in [-0.39, 0.29) is 0 Å². The van der Waals surface area contributed by atoms with Crippen molar-refractivity contribution in [3.05, 3.63) is 27.2 Å². The van der Waals surface area contributed by atoms with Crippen LogP contribution in [0.5, 0.6) is 0 Å². The first kappa shape index (κ1) is 12.3. The molecule has 1 aromatic rings. The summed E-state index contributed by atoms with van der Waals surface area (Å²) in [5, 5.41) is 4.43. The van der Waals surface area contributed by atoms with E-state index >= 15 is 0 Å². The molecule has 0 amide bonds. The zero-order valence-corrected chi connectivity index (χ0v) is 12.0. The zero-order valence-electron chi connectivity index (χ0n) is 9.69. The second-order valence-corrected chi connectivity index (χ2v) is 6.22. The third-order valence-corrected chi connectivity index (χ3v) is 3.85. The maximum absolute atomic E-state index is 6.04. The predicted octanol–water partition coefficient (Wildman–Crippen LogP) is 4.88. The molecule has 1 heterocycles. The lowest BCUT2D eigenvalue weighted by atomic mass is 9.93. The number of fused-ring (bicyclic) bond motifs is 1. The van der Waals surface area contributed by atoms with Crippen molar-refractivity contribution in [1.82, 2.24) is 0 Å². The number of halogens is 2. The van der Waals surface area contributed by atoms with Crippen LogP contribution in [0.3, 0.4) is 0 Å². The van der Waals surface area contributed by atoms with E-state index in [2.05, 4.69) is 41.2 Å². The topological polar surface area (TPSA) is 12.0 Å². The van der Waals surface area contributed by atoms with Crippen LogP contribution < -0.4 is 5.32 Å². The molecule has 0 aromatic heterocycles. The standard InChI is InChI=1S/C13H17BrClN/c1-8(2)5-11-4-3-9-6-10(15)7-12(14)13(9)16-11/h6-8,11,16H,3-5H2,1-2H3. The van der Waals surface area contributed by atoms with Gasteiger partial charge in [-0.3, -0.25) is 0 Å². The van der Waals surface area contributed by atoms with E-state index < -0.39 is 0 Å². The molecule has 1 atom stereocenters. The van der Waals surface area contributed by atoms with Gasteiger partial charge in [-0.1, -0.05) is 25.4 Å². The van der Waals surface area contributed by atoms with Crippen LogP contribution in [0.2, 0.25) is 5.02 Å². The smallest absolute Gasteiger partial charge is 0.0520 e. The molecule has 1 N–H and O–H groups in total. The molecule has 0 spiro atoms. The molecule has 0 saturated heterocycles. The Bertz CT molecular complexity index is 390. The summed E-state index contributed by atoms with van der Waals surface area (Å²) in [7, 11) is 0. The molecule has 0 fully saturated rings. The van der Waals surface area contributed by atoms with E-state index in [1.54, 1.807) is 0 Å². The van der Waals surface area contributed by atoms with Gasteiger partial charge in [0.1, 0.15) is 0 Å². The second-order valence-electron chi connectivity index (χ2n) is 4.93. The highest BCUT2D eigenvalue weighted by Crippen LogP contribution is 2.36. The minimum absolute atomic E-state index is 0.602. The summed E-state index contributed by atoms with van der Waals surface area (Å²) in [6, 6.07) is 4.63. The van der Waals surface area contributed by atoms with Crippen molar-refractivity contribution in [2.45, 2.75) is 39.2 Å². The van der Waals surface area contributed by atoms with Gasteiger partial charge in [-0.25, -0.2) is 0 Å². The highest BCUT2D eigenvalue weighted by atomic mass is 79.9. The van der Waals surface area contributed by atoms with E-state index in [0.29, 0.717) is 6.04 Å². The summed E-state index contributed by atoms with van der Waals surface area (Å²) in [4.78, 5) is 0. The predicted molar refractivity (Wildman–Crippen MR) is 74.3 cm³/mol. The lowest BCUT2D eigenvalue weighted by molar-refractivity contribution is 0.487. The average Bonchev–Trinajstić information content (AvgIpc) is 2.18. The van der Waals surface area contributed by atoms with Crippen molar-refractivity contribution in [1.29, 1.82) is 0 Å². The Morgan fingerprint density at radius 3 is 2.94 bits per heavy atom. The Hall–Kier alpha value is -0.210. The van der Waals surface area contributed by atoms with Crippen molar-refractivity contribution >= 4 is 33.2 Å². The highest BCUT2D eigenvalue weighted by Gasteiger charge is 2.20. The summed E-state index contributed by atoms with van der Waals surface area (Å²) < 4.78 is 1.09. The van der Waals surface area contributed by atoms with Crippen molar-refractivity contribution in [3.8, 4) is 0 Å². The third kappa shape index (κ3) is 2.72. The Balaban J connectivity index is 2.20. The van der Waals surface area contributed by atoms with E-state index in [4.69, 9.17) is 11.6 Å². The number of nitrogens with one attached hydrogen (secondary N) is 1. The van der Waals surface area contributed by atoms with Gasteiger partial charge in [-0.05, 0) is 58.8 Å². The SMILES string of the molecule is CC(C)CC1CCc2cc(Cl)cc(Br)c2N1. The minimum atomic E-state index is 0.602. The average molecular weight is 303 g/mol. The number of benzene rings is 1. The summed E-state index contributed by atoms with van der Waals surface area (Å²) in [5.74, 6) is 0.741. The van der Waals surface area contributed by atoms with Crippen LogP contribution in [0.25, 0.3) is 0 Å². The summed E-state index contributed by atoms with van der Waals surface area (Å²) in [6.45, 7) is 4.54. The molecule has 0 radical (unpaired) electrons. The fourth-order valence-electron chi connectivity index (χ4n) is 2.34. The van der Waals surface area contributed by atoms with E-state index in [1.807, 2.05) is 6.07 Å². The number of hydrogen-bond acceptors (Lipinski definition) is 1. The van der Waals surface area contributed by atoms with Crippen molar-refractivity contribution in [3.63, 3.8) is 0 Å². The number of rotatable bonds is 2. The first-order valence-electron chi connectivity index (χ1n) is 5.80. The van der Waals surface area contributed by atoms with Crippen LogP contribution in [-0.4, -0.2) is 6.04 Å². The van der Waals surface area contributed by atoms with Gasteiger partial charge in [-0.15, -0.1) is 0 Å². The van der Waals surface area contributed by atoms with Gasteiger partial charge < -0.3 is 5.32 Å². The molecule has 0 aliphatic carbocycles. The largest absolute Gasteiger partial charge is 0.381 e. The van der Waals surface area contributed by atoms with Crippen LogP contribution in [0.15, 0.2) is 16.6 Å². The van der Waals surface area contributed by atoms with Gasteiger partial charge in [0.15, 0.2) is 0 Å². The molecular formula is C13H17BrClN. The fourth-order valence-corrected chi connectivity index (χ4v) is 3.33. The fraction of sp³-hybridized carbons (Fsp3) is 0.538. The number of aryl methyl sites for hydroxylation is 1. The number of hydrogen-bond donors (Lipinski definition) is 1. The van der Waals surface area contributed by atoms with E-state index in [9.17, 15) is 0 Å². The molecule has 88 valence electrons.